The predicted molar refractivity (Wildman–Crippen MR) is 148 cm³/mol. The SMILES string of the molecule is CC(C)c1cccc(C(C)C)c1NC(=O)CN1CCN(CCSc2nc3cccc([N+](=O)[O-])c3o2)CC1. The van der Waals surface area contributed by atoms with Crippen molar-refractivity contribution in [1.29, 1.82) is 0 Å². The largest absolute Gasteiger partial charge is 0.424 e. The van der Waals surface area contributed by atoms with Gasteiger partial charge in [0.1, 0.15) is 5.52 Å². The van der Waals surface area contributed by atoms with Crippen molar-refractivity contribution in [3.05, 3.63) is 57.6 Å². The molecule has 1 aromatic heterocycles. The van der Waals surface area contributed by atoms with Gasteiger partial charge < -0.3 is 9.73 Å². The number of oxazole rings is 1. The molecule has 1 amide bonds. The molecule has 3 aromatic rings. The van der Waals surface area contributed by atoms with Crippen LogP contribution in [0.5, 0.6) is 0 Å². The first kappa shape index (κ1) is 27.1. The number of carbonyl (C=O) groups excluding carboxylic acids is 1. The van der Waals surface area contributed by atoms with Crippen LogP contribution in [-0.2, 0) is 4.79 Å². The number of anilines is 1. The van der Waals surface area contributed by atoms with Crippen molar-refractivity contribution in [2.45, 2.75) is 44.8 Å². The molecule has 198 valence electrons. The highest BCUT2D eigenvalue weighted by Crippen LogP contribution is 2.32. The van der Waals surface area contributed by atoms with Gasteiger partial charge in [-0.1, -0.05) is 63.7 Å². The normalized spacial score (nSPS) is 15.1. The third kappa shape index (κ3) is 6.68. The van der Waals surface area contributed by atoms with Gasteiger partial charge in [0.15, 0.2) is 0 Å². The molecule has 1 fully saturated rings. The maximum absolute atomic E-state index is 13.0. The number of piperazine rings is 1. The first-order valence-electron chi connectivity index (χ1n) is 12.8. The number of nitrogens with one attached hydrogen (secondary N) is 1. The van der Waals surface area contributed by atoms with E-state index in [1.54, 1.807) is 12.1 Å². The molecular formula is C27H35N5O4S. The molecule has 2 aromatic carbocycles. The lowest BCUT2D eigenvalue weighted by Crippen LogP contribution is -2.49. The van der Waals surface area contributed by atoms with Gasteiger partial charge in [0, 0.05) is 50.2 Å². The fraction of sp³-hybridized carbons (Fsp3) is 0.481. The maximum atomic E-state index is 13.0. The zero-order valence-electron chi connectivity index (χ0n) is 21.9. The van der Waals surface area contributed by atoms with Crippen LogP contribution < -0.4 is 5.32 Å². The van der Waals surface area contributed by atoms with Crippen LogP contribution in [0.4, 0.5) is 11.4 Å². The van der Waals surface area contributed by atoms with E-state index in [0.717, 1.165) is 44.2 Å². The van der Waals surface area contributed by atoms with Gasteiger partial charge in [0.05, 0.1) is 11.5 Å². The monoisotopic (exact) mass is 525 g/mol. The number of non-ortho nitro benzene ring substituents is 1. The number of nitro groups is 1. The highest BCUT2D eigenvalue weighted by atomic mass is 32.2. The number of fused-ring (bicyclic) bond motifs is 1. The standard InChI is InChI=1S/C27H35N5O4S/c1-18(2)20-7-5-8-21(19(3)4)25(20)29-24(33)17-31-13-11-30(12-14-31)15-16-37-27-28-22-9-6-10-23(32(34)35)26(22)36-27/h5-10,18-19H,11-17H2,1-4H3,(H,29,33). The van der Waals surface area contributed by atoms with Crippen LogP contribution in [0.25, 0.3) is 11.1 Å². The van der Waals surface area contributed by atoms with E-state index < -0.39 is 4.92 Å². The molecule has 0 atom stereocenters. The fourth-order valence-corrected chi connectivity index (χ4v) is 5.46. The first-order valence-corrected chi connectivity index (χ1v) is 13.8. The zero-order chi connectivity index (χ0) is 26.5. The summed E-state index contributed by atoms with van der Waals surface area (Å²) >= 11 is 1.46. The Balaban J connectivity index is 1.24. The maximum Gasteiger partial charge on any atom is 0.313 e. The third-order valence-corrected chi connectivity index (χ3v) is 7.48. The molecule has 0 radical (unpaired) electrons. The molecule has 0 bridgehead atoms. The van der Waals surface area contributed by atoms with Crippen LogP contribution >= 0.6 is 11.8 Å². The van der Waals surface area contributed by atoms with Crippen LogP contribution in [0, 0.1) is 10.1 Å². The number of hydrogen-bond acceptors (Lipinski definition) is 8. The van der Waals surface area contributed by atoms with Gasteiger partial charge in [-0.15, -0.1) is 0 Å². The Morgan fingerprint density at radius 2 is 1.68 bits per heavy atom. The number of para-hydroxylation sites is 2. The number of nitrogens with zero attached hydrogens (tertiary/aromatic N) is 4. The number of rotatable bonds is 10. The molecular weight excluding hydrogens is 490 g/mol. The van der Waals surface area contributed by atoms with Crippen LogP contribution in [0.15, 0.2) is 46.0 Å². The molecule has 0 unspecified atom stereocenters. The fourth-order valence-electron chi connectivity index (χ4n) is 4.63. The number of hydrogen-bond donors (Lipinski definition) is 1. The molecule has 1 aliphatic heterocycles. The van der Waals surface area contributed by atoms with Crippen molar-refractivity contribution >= 4 is 40.1 Å². The quantitative estimate of drug-likeness (QED) is 0.215. The van der Waals surface area contributed by atoms with Gasteiger partial charge in [0.25, 0.3) is 5.22 Å². The molecule has 9 nitrogen and oxygen atoms in total. The van der Waals surface area contributed by atoms with E-state index >= 15 is 0 Å². The Morgan fingerprint density at radius 3 is 2.30 bits per heavy atom. The minimum absolute atomic E-state index is 0.0315. The van der Waals surface area contributed by atoms with Crippen LogP contribution in [0.1, 0.15) is 50.7 Å². The molecule has 2 heterocycles. The molecule has 37 heavy (non-hydrogen) atoms. The highest BCUT2D eigenvalue weighted by molar-refractivity contribution is 7.99. The lowest BCUT2D eigenvalue weighted by atomic mass is 9.92. The molecule has 1 aliphatic rings. The topological polar surface area (TPSA) is 105 Å². The molecule has 0 aliphatic carbocycles. The third-order valence-electron chi connectivity index (χ3n) is 6.67. The summed E-state index contributed by atoms with van der Waals surface area (Å²) in [4.78, 5) is 32.6. The van der Waals surface area contributed by atoms with Gasteiger partial charge >= 0.3 is 5.69 Å². The van der Waals surface area contributed by atoms with E-state index in [2.05, 4.69) is 66.0 Å². The Morgan fingerprint density at radius 1 is 1.05 bits per heavy atom. The second-order valence-corrected chi connectivity index (χ2v) is 11.0. The summed E-state index contributed by atoms with van der Waals surface area (Å²) in [6.07, 6.45) is 0. The molecule has 1 N–H and O–H groups in total. The summed E-state index contributed by atoms with van der Waals surface area (Å²) in [6, 6.07) is 11.0. The number of nitro benzene ring substituents is 1. The number of thioether (sulfide) groups is 1. The summed E-state index contributed by atoms with van der Waals surface area (Å²) in [5.74, 6) is 1.47. The summed E-state index contributed by atoms with van der Waals surface area (Å²) in [5.41, 5.74) is 3.98. The van der Waals surface area contributed by atoms with Crippen LogP contribution in [-0.4, -0.2) is 70.6 Å². The van der Waals surface area contributed by atoms with E-state index in [1.165, 1.54) is 29.0 Å². The minimum Gasteiger partial charge on any atom is -0.424 e. The second-order valence-electron chi connectivity index (χ2n) is 10.00. The van der Waals surface area contributed by atoms with Gasteiger partial charge in [-0.3, -0.25) is 24.7 Å². The van der Waals surface area contributed by atoms with E-state index in [0.29, 0.717) is 29.1 Å². The number of benzene rings is 2. The van der Waals surface area contributed by atoms with Gasteiger partial charge in [-0.2, -0.15) is 0 Å². The van der Waals surface area contributed by atoms with Crippen molar-refractivity contribution in [2.24, 2.45) is 0 Å². The van der Waals surface area contributed by atoms with Crippen molar-refractivity contribution in [1.82, 2.24) is 14.8 Å². The summed E-state index contributed by atoms with van der Waals surface area (Å²) in [6.45, 7) is 13.3. The zero-order valence-corrected chi connectivity index (χ0v) is 22.7. The van der Waals surface area contributed by atoms with E-state index in [4.69, 9.17) is 4.42 Å². The second kappa shape index (κ2) is 12.1. The van der Waals surface area contributed by atoms with Gasteiger partial charge in [-0.25, -0.2) is 4.98 Å². The number of carbonyl (C=O) groups is 1. The molecule has 10 heteroatoms. The molecule has 1 saturated heterocycles. The molecule has 0 spiro atoms. The average Bonchev–Trinajstić information content (AvgIpc) is 3.27. The van der Waals surface area contributed by atoms with Gasteiger partial charge in [-0.05, 0) is 29.0 Å². The minimum atomic E-state index is -0.450. The van der Waals surface area contributed by atoms with Gasteiger partial charge in [0.2, 0.25) is 11.5 Å². The van der Waals surface area contributed by atoms with E-state index in [9.17, 15) is 14.9 Å². The van der Waals surface area contributed by atoms with E-state index in [-0.39, 0.29) is 17.2 Å². The Labute approximate surface area is 221 Å². The summed E-state index contributed by atoms with van der Waals surface area (Å²) in [5, 5.41) is 14.9. The number of aromatic nitrogens is 1. The van der Waals surface area contributed by atoms with Crippen LogP contribution in [0.2, 0.25) is 0 Å². The molecule has 4 rings (SSSR count). The van der Waals surface area contributed by atoms with Crippen molar-refractivity contribution in [3.63, 3.8) is 0 Å². The van der Waals surface area contributed by atoms with Crippen molar-refractivity contribution < 1.29 is 14.1 Å². The highest BCUT2D eigenvalue weighted by Gasteiger charge is 2.22. The Bertz CT molecular complexity index is 1220. The predicted octanol–water partition coefficient (Wildman–Crippen LogP) is 5.33. The smallest absolute Gasteiger partial charge is 0.313 e. The Hall–Kier alpha value is -2.95. The van der Waals surface area contributed by atoms with Crippen LogP contribution in [0.3, 0.4) is 0 Å². The first-order chi connectivity index (χ1) is 17.7. The van der Waals surface area contributed by atoms with E-state index in [1.807, 2.05) is 0 Å². The van der Waals surface area contributed by atoms with Crippen molar-refractivity contribution in [3.8, 4) is 0 Å². The van der Waals surface area contributed by atoms with Crippen molar-refractivity contribution in [2.75, 3.05) is 50.3 Å². The summed E-state index contributed by atoms with van der Waals surface area (Å²) < 4.78 is 5.64. The average molecular weight is 526 g/mol. The lowest BCUT2D eigenvalue weighted by molar-refractivity contribution is -0.383. The molecule has 0 saturated carbocycles. The summed E-state index contributed by atoms with van der Waals surface area (Å²) in [7, 11) is 0. The number of amides is 1. The Kier molecular flexibility index (Phi) is 8.83. The lowest BCUT2D eigenvalue weighted by Gasteiger charge is -2.34.